The maximum Gasteiger partial charge on any atom is 0.163 e. The van der Waals surface area contributed by atoms with Crippen molar-refractivity contribution in [2.75, 3.05) is 5.75 Å². The Bertz CT molecular complexity index is 465. The minimum absolute atomic E-state index is 0.263. The van der Waals surface area contributed by atoms with Gasteiger partial charge >= 0.3 is 0 Å². The zero-order chi connectivity index (χ0) is 11.4. The lowest BCUT2D eigenvalue weighted by molar-refractivity contribution is 0.0972. The van der Waals surface area contributed by atoms with Crippen molar-refractivity contribution in [3.63, 3.8) is 0 Å². The fraction of sp³-hybridized carbons (Fsp3) is 0.357. The van der Waals surface area contributed by atoms with Crippen LogP contribution < -0.4 is 0 Å². The van der Waals surface area contributed by atoms with Crippen molar-refractivity contribution in [3.05, 3.63) is 34.9 Å². The largest absolute Gasteiger partial charge is 0.294 e. The average molecular weight is 230 g/mol. The Morgan fingerprint density at radius 1 is 1.31 bits per heavy atom. The quantitative estimate of drug-likeness (QED) is 0.580. The minimum Gasteiger partial charge on any atom is -0.294 e. The van der Waals surface area contributed by atoms with E-state index in [9.17, 15) is 4.79 Å². The highest BCUT2D eigenvalue weighted by Gasteiger charge is 2.16. The molecule has 0 saturated heterocycles. The highest BCUT2D eigenvalue weighted by molar-refractivity contribution is 7.80. The van der Waals surface area contributed by atoms with E-state index in [2.05, 4.69) is 24.5 Å². The molecule has 2 heteroatoms. The lowest BCUT2D eigenvalue weighted by atomic mass is 9.89. The van der Waals surface area contributed by atoms with Gasteiger partial charge in [0.2, 0.25) is 0 Å². The Labute approximate surface area is 102 Å². The molecule has 0 spiro atoms. The molecule has 0 fully saturated rings. The number of hydrogen-bond donors (Lipinski definition) is 1. The number of rotatable bonds is 1. The molecule has 1 nitrogen and oxygen atoms in total. The predicted molar refractivity (Wildman–Crippen MR) is 69.1 cm³/mol. The van der Waals surface area contributed by atoms with Gasteiger partial charge in [0.25, 0.3) is 0 Å². The van der Waals surface area contributed by atoms with E-state index in [0.29, 0.717) is 6.42 Å². The summed E-state index contributed by atoms with van der Waals surface area (Å²) in [5.74, 6) is 7.14. The highest BCUT2D eigenvalue weighted by Crippen LogP contribution is 2.21. The van der Waals surface area contributed by atoms with E-state index < -0.39 is 0 Å². The zero-order valence-electron chi connectivity index (χ0n) is 9.12. The fourth-order valence-corrected chi connectivity index (χ4v) is 2.04. The third-order valence-electron chi connectivity index (χ3n) is 2.73. The lowest BCUT2D eigenvalue weighted by Crippen LogP contribution is -2.10. The van der Waals surface area contributed by atoms with Crippen molar-refractivity contribution < 1.29 is 4.79 Å². The molecule has 0 saturated carbocycles. The average Bonchev–Trinajstić information content (AvgIpc) is 2.30. The number of carbonyl (C=O) groups excluding carboxylic acids is 1. The second kappa shape index (κ2) is 5.23. The molecule has 82 valence electrons. The fourth-order valence-electron chi connectivity index (χ4n) is 1.93. The number of fused-ring (bicyclic) bond motifs is 1. The van der Waals surface area contributed by atoms with E-state index in [4.69, 9.17) is 0 Å². The molecule has 1 aromatic carbocycles. The molecule has 0 N–H and O–H groups in total. The molecule has 1 aliphatic carbocycles. The monoisotopic (exact) mass is 230 g/mol. The number of aryl methyl sites for hydroxylation is 1. The van der Waals surface area contributed by atoms with Crippen LogP contribution in [0, 0.1) is 11.8 Å². The molecule has 0 amide bonds. The van der Waals surface area contributed by atoms with Gasteiger partial charge < -0.3 is 0 Å². The number of thiol groups is 1. The normalized spacial score (nSPS) is 13.9. The van der Waals surface area contributed by atoms with Gasteiger partial charge in [0.05, 0.1) is 0 Å². The second-order valence-corrected chi connectivity index (χ2v) is 4.37. The van der Waals surface area contributed by atoms with Crippen LogP contribution in [0.5, 0.6) is 0 Å². The van der Waals surface area contributed by atoms with Crippen LogP contribution in [0.4, 0.5) is 0 Å². The molecule has 1 aromatic rings. The van der Waals surface area contributed by atoms with Crippen molar-refractivity contribution in [3.8, 4) is 11.8 Å². The predicted octanol–water partition coefficient (Wildman–Crippen LogP) is 2.88. The van der Waals surface area contributed by atoms with Crippen LogP contribution in [0.25, 0.3) is 0 Å². The molecule has 1 aliphatic rings. The number of Topliss-reactive ketones (excluding diaryl/α,β-unsaturated/α-hetero) is 1. The van der Waals surface area contributed by atoms with Crippen molar-refractivity contribution >= 4 is 18.4 Å². The second-order valence-electron chi connectivity index (χ2n) is 3.92. The Morgan fingerprint density at radius 3 is 3.00 bits per heavy atom. The van der Waals surface area contributed by atoms with Gasteiger partial charge in [-0.3, -0.25) is 4.79 Å². The molecule has 0 radical (unpaired) electrons. The molecular weight excluding hydrogens is 216 g/mol. The third kappa shape index (κ3) is 2.48. The summed E-state index contributed by atoms with van der Waals surface area (Å²) >= 11 is 4.10. The molecule has 0 aromatic heterocycles. The number of hydrogen-bond acceptors (Lipinski definition) is 2. The molecule has 16 heavy (non-hydrogen) atoms. The van der Waals surface area contributed by atoms with Gasteiger partial charge in [0.15, 0.2) is 5.78 Å². The van der Waals surface area contributed by atoms with Gasteiger partial charge in [-0.15, -0.1) is 0 Å². The topological polar surface area (TPSA) is 17.1 Å². The van der Waals surface area contributed by atoms with E-state index in [-0.39, 0.29) is 5.78 Å². The van der Waals surface area contributed by atoms with Crippen LogP contribution >= 0.6 is 12.6 Å². The van der Waals surface area contributed by atoms with Gasteiger partial charge in [-0.2, -0.15) is 12.6 Å². The Hall–Kier alpha value is -1.20. The van der Waals surface area contributed by atoms with Crippen LogP contribution in [0.15, 0.2) is 18.2 Å². The summed E-state index contributed by atoms with van der Waals surface area (Å²) < 4.78 is 0. The lowest BCUT2D eigenvalue weighted by Gasteiger charge is -2.14. The van der Waals surface area contributed by atoms with Crippen molar-refractivity contribution in [2.24, 2.45) is 0 Å². The number of ketones is 1. The Morgan fingerprint density at radius 2 is 2.19 bits per heavy atom. The summed E-state index contributed by atoms with van der Waals surface area (Å²) in [5.41, 5.74) is 3.00. The molecule has 0 bridgehead atoms. The zero-order valence-corrected chi connectivity index (χ0v) is 10.0. The first-order valence-electron chi connectivity index (χ1n) is 5.57. The summed E-state index contributed by atoms with van der Waals surface area (Å²) in [6.45, 7) is 0. The maximum absolute atomic E-state index is 11.7. The molecular formula is C14H14OS. The summed E-state index contributed by atoms with van der Waals surface area (Å²) in [4.78, 5) is 11.7. The standard InChI is InChI=1S/C14H14OS/c15-14-6-3-5-12-8-7-11(10-13(12)14)4-1-2-9-16/h7-8,10,16H,2-3,5-6,9H2. The SMILES string of the molecule is O=C1CCCc2ccc(C#CCCS)cc21. The third-order valence-corrected chi connectivity index (χ3v) is 2.95. The smallest absolute Gasteiger partial charge is 0.163 e. The van der Waals surface area contributed by atoms with E-state index in [1.807, 2.05) is 18.2 Å². The molecule has 0 atom stereocenters. The molecule has 2 rings (SSSR count). The van der Waals surface area contributed by atoms with Gasteiger partial charge in [-0.25, -0.2) is 0 Å². The summed E-state index contributed by atoms with van der Waals surface area (Å²) in [6.07, 6.45) is 3.47. The number of carbonyl (C=O) groups is 1. The van der Waals surface area contributed by atoms with Crippen LogP contribution in [0.1, 0.15) is 40.7 Å². The van der Waals surface area contributed by atoms with Crippen LogP contribution in [0.3, 0.4) is 0 Å². The maximum atomic E-state index is 11.7. The molecule has 0 unspecified atom stereocenters. The highest BCUT2D eigenvalue weighted by atomic mass is 32.1. The summed E-state index contributed by atoms with van der Waals surface area (Å²) in [6, 6.07) is 5.97. The Kier molecular flexibility index (Phi) is 3.69. The minimum atomic E-state index is 0.263. The van der Waals surface area contributed by atoms with Crippen LogP contribution in [-0.2, 0) is 6.42 Å². The van der Waals surface area contributed by atoms with E-state index in [1.54, 1.807) is 0 Å². The van der Waals surface area contributed by atoms with Crippen molar-refractivity contribution in [2.45, 2.75) is 25.7 Å². The van der Waals surface area contributed by atoms with E-state index >= 15 is 0 Å². The number of benzene rings is 1. The molecule has 0 aliphatic heterocycles. The summed E-state index contributed by atoms with van der Waals surface area (Å²) in [7, 11) is 0. The van der Waals surface area contributed by atoms with E-state index in [0.717, 1.165) is 36.1 Å². The summed E-state index contributed by atoms with van der Waals surface area (Å²) in [5, 5.41) is 0. The Balaban J connectivity index is 2.28. The van der Waals surface area contributed by atoms with Crippen molar-refractivity contribution in [1.29, 1.82) is 0 Å². The van der Waals surface area contributed by atoms with Gasteiger partial charge in [0.1, 0.15) is 0 Å². The first kappa shape index (κ1) is 11.3. The van der Waals surface area contributed by atoms with Crippen LogP contribution in [-0.4, -0.2) is 11.5 Å². The first-order valence-corrected chi connectivity index (χ1v) is 6.20. The van der Waals surface area contributed by atoms with Gasteiger partial charge in [-0.1, -0.05) is 17.9 Å². The molecule has 0 heterocycles. The van der Waals surface area contributed by atoms with Gasteiger partial charge in [0, 0.05) is 29.7 Å². The van der Waals surface area contributed by atoms with Gasteiger partial charge in [-0.05, 0) is 30.5 Å². The van der Waals surface area contributed by atoms with Crippen molar-refractivity contribution in [1.82, 2.24) is 0 Å². The first-order chi connectivity index (χ1) is 7.81. The van der Waals surface area contributed by atoms with Crippen LogP contribution in [0.2, 0.25) is 0 Å². The van der Waals surface area contributed by atoms with E-state index in [1.165, 1.54) is 5.56 Å².